The lowest BCUT2D eigenvalue weighted by Gasteiger charge is -2.13. The second kappa shape index (κ2) is 7.98. The number of fused-ring (bicyclic) bond motifs is 3. The van der Waals surface area contributed by atoms with E-state index in [-0.39, 0.29) is 17.5 Å². The van der Waals surface area contributed by atoms with Gasteiger partial charge in [0.25, 0.3) is 5.56 Å². The maximum absolute atomic E-state index is 12.7. The van der Waals surface area contributed by atoms with Gasteiger partial charge in [-0.05, 0) is 38.8 Å². The van der Waals surface area contributed by atoms with Crippen LogP contribution >= 0.6 is 0 Å². The summed E-state index contributed by atoms with van der Waals surface area (Å²) in [5.41, 5.74) is 1.84. The predicted octanol–water partition coefficient (Wildman–Crippen LogP) is 3.06. The maximum Gasteiger partial charge on any atom is 0.291 e. The molecule has 1 N–H and O–H groups in total. The summed E-state index contributed by atoms with van der Waals surface area (Å²) in [6.07, 6.45) is 5.72. The molecule has 4 aromatic heterocycles. The molecule has 0 aliphatic carbocycles. The Labute approximate surface area is 167 Å². The first-order valence-electron chi connectivity index (χ1n) is 9.81. The van der Waals surface area contributed by atoms with Crippen molar-refractivity contribution in [3.05, 3.63) is 58.7 Å². The van der Waals surface area contributed by atoms with Crippen LogP contribution in [-0.4, -0.2) is 26.1 Å². The van der Waals surface area contributed by atoms with Crippen LogP contribution in [0, 0.1) is 6.92 Å². The highest BCUT2D eigenvalue weighted by atomic mass is 16.3. The third kappa shape index (κ3) is 3.96. The van der Waals surface area contributed by atoms with E-state index in [1.165, 1.54) is 4.68 Å². The fourth-order valence-electron chi connectivity index (χ4n) is 3.60. The summed E-state index contributed by atoms with van der Waals surface area (Å²) in [5, 5.41) is 7.40. The van der Waals surface area contributed by atoms with Crippen molar-refractivity contribution in [2.75, 3.05) is 0 Å². The molecule has 4 aromatic rings. The quantitative estimate of drug-likeness (QED) is 0.494. The van der Waals surface area contributed by atoms with E-state index in [0.29, 0.717) is 36.3 Å². The lowest BCUT2D eigenvalue weighted by Crippen LogP contribution is -2.33. The van der Waals surface area contributed by atoms with Crippen LogP contribution in [-0.2, 0) is 17.8 Å². The van der Waals surface area contributed by atoms with Gasteiger partial charge in [0.1, 0.15) is 17.1 Å². The molecule has 0 aliphatic heterocycles. The summed E-state index contributed by atoms with van der Waals surface area (Å²) in [7, 11) is 0. The summed E-state index contributed by atoms with van der Waals surface area (Å²) in [4.78, 5) is 24.9. The third-order valence-corrected chi connectivity index (χ3v) is 5.05. The van der Waals surface area contributed by atoms with Crippen molar-refractivity contribution >= 4 is 22.5 Å². The Balaban J connectivity index is 1.33. The molecule has 8 heteroatoms. The number of aryl methyl sites for hydroxylation is 3. The summed E-state index contributed by atoms with van der Waals surface area (Å²) >= 11 is 0. The highest BCUT2D eigenvalue weighted by molar-refractivity contribution is 5.82. The lowest BCUT2D eigenvalue weighted by atomic mass is 10.1. The number of carbonyl (C=O) groups excluding carboxylic acids is 1. The van der Waals surface area contributed by atoms with Crippen LogP contribution in [0.25, 0.3) is 16.6 Å². The monoisotopic (exact) mass is 396 g/mol. The topological polar surface area (TPSA) is 94.7 Å². The highest BCUT2D eigenvalue weighted by Crippen LogP contribution is 2.20. The molecule has 29 heavy (non-hydrogen) atoms. The number of nitrogens with one attached hydrogen (secondary N) is 1. The van der Waals surface area contributed by atoms with Gasteiger partial charge in [0.15, 0.2) is 5.58 Å². The van der Waals surface area contributed by atoms with E-state index in [1.54, 1.807) is 23.0 Å². The average Bonchev–Trinajstić information content (AvgIpc) is 3.40. The molecule has 0 fully saturated rings. The number of carbonyl (C=O) groups is 1. The highest BCUT2D eigenvalue weighted by Gasteiger charge is 2.14. The summed E-state index contributed by atoms with van der Waals surface area (Å²) in [5.74, 6) is 1.59. The molecule has 1 amide bonds. The molecular formula is C21H24N4O4. The minimum atomic E-state index is -0.186. The van der Waals surface area contributed by atoms with Crippen molar-refractivity contribution in [2.45, 2.75) is 52.1 Å². The number of furan rings is 2. The zero-order valence-corrected chi connectivity index (χ0v) is 16.6. The van der Waals surface area contributed by atoms with Crippen LogP contribution in [0.1, 0.15) is 37.8 Å². The molecule has 0 radical (unpaired) electrons. The van der Waals surface area contributed by atoms with E-state index in [9.17, 15) is 9.59 Å². The molecular weight excluding hydrogens is 372 g/mol. The first-order valence-corrected chi connectivity index (χ1v) is 9.81. The van der Waals surface area contributed by atoms with Gasteiger partial charge in [-0.15, -0.1) is 0 Å². The Bertz CT molecular complexity index is 1180. The molecule has 152 valence electrons. The van der Waals surface area contributed by atoms with Gasteiger partial charge in [-0.2, -0.15) is 5.10 Å². The van der Waals surface area contributed by atoms with Gasteiger partial charge in [-0.1, -0.05) is 0 Å². The third-order valence-electron chi connectivity index (χ3n) is 5.05. The zero-order valence-electron chi connectivity index (χ0n) is 16.6. The first kappa shape index (κ1) is 19.0. The first-order chi connectivity index (χ1) is 14.0. The smallest absolute Gasteiger partial charge is 0.291 e. The van der Waals surface area contributed by atoms with Gasteiger partial charge in [0, 0.05) is 37.6 Å². The molecule has 0 aliphatic rings. The van der Waals surface area contributed by atoms with Crippen molar-refractivity contribution in [3.8, 4) is 0 Å². The Kier molecular flexibility index (Phi) is 5.24. The molecule has 0 bridgehead atoms. The van der Waals surface area contributed by atoms with Gasteiger partial charge in [-0.3, -0.25) is 14.0 Å². The van der Waals surface area contributed by atoms with Crippen LogP contribution in [0.15, 0.2) is 50.4 Å². The largest absolute Gasteiger partial charge is 0.469 e. The fourth-order valence-corrected chi connectivity index (χ4v) is 3.60. The van der Waals surface area contributed by atoms with Gasteiger partial charge in [0.2, 0.25) is 5.91 Å². The van der Waals surface area contributed by atoms with Crippen LogP contribution in [0.2, 0.25) is 0 Å². The van der Waals surface area contributed by atoms with Crippen LogP contribution < -0.4 is 10.9 Å². The van der Waals surface area contributed by atoms with Gasteiger partial charge in [0.05, 0.1) is 18.0 Å². The molecule has 0 spiro atoms. The molecule has 4 rings (SSSR count). The Morgan fingerprint density at radius 1 is 1.24 bits per heavy atom. The van der Waals surface area contributed by atoms with E-state index in [2.05, 4.69) is 10.4 Å². The van der Waals surface area contributed by atoms with Crippen molar-refractivity contribution in [2.24, 2.45) is 0 Å². The number of amides is 1. The normalized spacial score (nSPS) is 12.6. The van der Waals surface area contributed by atoms with E-state index in [1.807, 2.05) is 32.0 Å². The van der Waals surface area contributed by atoms with Crippen molar-refractivity contribution in [1.82, 2.24) is 19.5 Å². The number of hydrogen-bond donors (Lipinski definition) is 1. The molecule has 0 saturated carbocycles. The van der Waals surface area contributed by atoms with Crippen molar-refractivity contribution in [3.63, 3.8) is 0 Å². The number of nitrogens with zero attached hydrogens (tertiary/aromatic N) is 3. The predicted molar refractivity (Wildman–Crippen MR) is 108 cm³/mol. The Hall–Kier alpha value is -3.29. The minimum Gasteiger partial charge on any atom is -0.469 e. The van der Waals surface area contributed by atoms with E-state index >= 15 is 0 Å². The van der Waals surface area contributed by atoms with Crippen molar-refractivity contribution in [1.29, 1.82) is 0 Å². The summed E-state index contributed by atoms with van der Waals surface area (Å²) < 4.78 is 13.9. The fraction of sp³-hybridized carbons (Fsp3) is 0.381. The molecule has 0 saturated heterocycles. The number of hydrogen-bond acceptors (Lipinski definition) is 5. The maximum atomic E-state index is 12.7. The van der Waals surface area contributed by atoms with Gasteiger partial charge < -0.3 is 14.2 Å². The van der Waals surface area contributed by atoms with Crippen LogP contribution in [0.4, 0.5) is 0 Å². The van der Waals surface area contributed by atoms with Gasteiger partial charge >= 0.3 is 0 Å². The molecule has 0 aromatic carbocycles. The zero-order chi connectivity index (χ0) is 20.4. The summed E-state index contributed by atoms with van der Waals surface area (Å²) in [6, 6.07) is 7.40. The second-order valence-corrected chi connectivity index (χ2v) is 7.30. The second-order valence-electron chi connectivity index (χ2n) is 7.30. The van der Waals surface area contributed by atoms with E-state index < -0.39 is 0 Å². The molecule has 4 heterocycles. The molecule has 0 unspecified atom stereocenters. The van der Waals surface area contributed by atoms with Crippen molar-refractivity contribution < 1.29 is 13.6 Å². The Morgan fingerprint density at radius 2 is 2.10 bits per heavy atom. The SMILES string of the molecule is Cc1nn(CCCC(=O)N[C@H](C)CCc2ccco2)c(=O)c2cc3occc3n12. The Morgan fingerprint density at radius 3 is 2.90 bits per heavy atom. The van der Waals surface area contributed by atoms with Crippen LogP contribution in [0.5, 0.6) is 0 Å². The van der Waals surface area contributed by atoms with Gasteiger partial charge in [-0.25, -0.2) is 4.68 Å². The number of aromatic nitrogens is 3. The number of rotatable bonds is 8. The van der Waals surface area contributed by atoms with Crippen LogP contribution in [0.3, 0.4) is 0 Å². The van der Waals surface area contributed by atoms with E-state index in [4.69, 9.17) is 8.83 Å². The molecule has 8 nitrogen and oxygen atoms in total. The lowest BCUT2D eigenvalue weighted by molar-refractivity contribution is -0.121. The van der Waals surface area contributed by atoms with E-state index in [0.717, 1.165) is 24.1 Å². The summed E-state index contributed by atoms with van der Waals surface area (Å²) in [6.45, 7) is 4.21. The molecule has 1 atom stereocenters. The minimum absolute atomic E-state index is 0.0250. The standard InChI is InChI=1S/C21H24N4O4/c1-14(7-8-16-5-4-11-28-16)22-20(26)6-3-10-24-21(27)18-13-19-17(9-12-29-19)25(18)15(2)23-24/h4-5,9,11-14H,3,6-8,10H2,1-2H3,(H,22,26)/t14-/m1/s1. The average molecular weight is 396 g/mol.